The second-order valence-corrected chi connectivity index (χ2v) is 6.00. The van der Waals surface area contributed by atoms with E-state index in [1.165, 1.54) is 6.42 Å². The molecule has 1 N–H and O–H groups in total. The fourth-order valence-corrected chi connectivity index (χ4v) is 2.82. The van der Waals surface area contributed by atoms with E-state index in [1.54, 1.807) is 0 Å². The summed E-state index contributed by atoms with van der Waals surface area (Å²) in [7, 11) is 0. The lowest BCUT2D eigenvalue weighted by molar-refractivity contribution is 0.0910. The first-order chi connectivity index (χ1) is 8.56. The molecular weight excluding hydrogens is 242 g/mol. The molecule has 3 unspecified atom stereocenters. The standard InChI is InChI=1S/C15H21NOS/c1-10-6-7-13(8-11(10)2)16-15(17)12-4-3-5-14(18)9-12/h3-5,9-11,13,18H,6-8H2,1-2H3,(H,16,17). The first-order valence-electron chi connectivity index (χ1n) is 6.66. The van der Waals surface area contributed by atoms with Crippen molar-refractivity contribution in [3.05, 3.63) is 29.8 Å². The number of carbonyl (C=O) groups excluding carboxylic acids is 1. The van der Waals surface area contributed by atoms with E-state index >= 15 is 0 Å². The molecule has 2 nitrogen and oxygen atoms in total. The van der Waals surface area contributed by atoms with Crippen molar-refractivity contribution >= 4 is 18.5 Å². The van der Waals surface area contributed by atoms with Crippen molar-refractivity contribution in [1.82, 2.24) is 5.32 Å². The van der Waals surface area contributed by atoms with E-state index in [1.807, 2.05) is 24.3 Å². The summed E-state index contributed by atoms with van der Waals surface area (Å²) in [5.41, 5.74) is 0.703. The van der Waals surface area contributed by atoms with Gasteiger partial charge in [-0.25, -0.2) is 0 Å². The number of benzene rings is 1. The van der Waals surface area contributed by atoms with Crippen LogP contribution in [0.25, 0.3) is 0 Å². The highest BCUT2D eigenvalue weighted by Crippen LogP contribution is 2.29. The minimum atomic E-state index is 0.0256. The van der Waals surface area contributed by atoms with Gasteiger partial charge < -0.3 is 5.32 Å². The number of carbonyl (C=O) groups is 1. The molecule has 0 bridgehead atoms. The first kappa shape index (κ1) is 13.5. The summed E-state index contributed by atoms with van der Waals surface area (Å²) in [6.07, 6.45) is 3.39. The van der Waals surface area contributed by atoms with Gasteiger partial charge in [-0.3, -0.25) is 4.79 Å². The van der Waals surface area contributed by atoms with Gasteiger partial charge in [0.05, 0.1) is 0 Å². The van der Waals surface area contributed by atoms with Crippen molar-refractivity contribution in [3.8, 4) is 0 Å². The second-order valence-electron chi connectivity index (χ2n) is 5.49. The van der Waals surface area contributed by atoms with Gasteiger partial charge in [-0.1, -0.05) is 19.9 Å². The Hall–Kier alpha value is -0.960. The minimum Gasteiger partial charge on any atom is -0.349 e. The zero-order valence-corrected chi connectivity index (χ0v) is 11.9. The van der Waals surface area contributed by atoms with Crippen LogP contribution in [0.4, 0.5) is 0 Å². The third kappa shape index (κ3) is 3.29. The quantitative estimate of drug-likeness (QED) is 0.785. The van der Waals surface area contributed by atoms with Crippen molar-refractivity contribution in [3.63, 3.8) is 0 Å². The average Bonchev–Trinajstić information content (AvgIpc) is 2.34. The highest BCUT2D eigenvalue weighted by atomic mass is 32.1. The van der Waals surface area contributed by atoms with E-state index < -0.39 is 0 Å². The minimum absolute atomic E-state index is 0.0256. The monoisotopic (exact) mass is 263 g/mol. The molecule has 1 fully saturated rings. The summed E-state index contributed by atoms with van der Waals surface area (Å²) < 4.78 is 0. The Balaban J connectivity index is 1.96. The lowest BCUT2D eigenvalue weighted by atomic mass is 9.79. The molecule has 0 aliphatic heterocycles. The number of rotatable bonds is 2. The Bertz CT molecular complexity index is 432. The van der Waals surface area contributed by atoms with Gasteiger partial charge in [0.1, 0.15) is 0 Å². The highest BCUT2D eigenvalue weighted by Gasteiger charge is 2.25. The zero-order valence-electron chi connectivity index (χ0n) is 11.0. The Kier molecular flexibility index (Phi) is 4.33. The van der Waals surface area contributed by atoms with Gasteiger partial charge in [0.15, 0.2) is 0 Å². The largest absolute Gasteiger partial charge is 0.349 e. The Morgan fingerprint density at radius 3 is 2.72 bits per heavy atom. The first-order valence-corrected chi connectivity index (χ1v) is 7.11. The fourth-order valence-electron chi connectivity index (χ4n) is 2.59. The topological polar surface area (TPSA) is 29.1 Å². The molecule has 98 valence electrons. The molecule has 1 aliphatic carbocycles. The molecule has 18 heavy (non-hydrogen) atoms. The molecule has 1 aromatic rings. The smallest absolute Gasteiger partial charge is 0.251 e. The van der Waals surface area contributed by atoms with Crippen LogP contribution in [0.3, 0.4) is 0 Å². The van der Waals surface area contributed by atoms with Crippen molar-refractivity contribution in [1.29, 1.82) is 0 Å². The molecular formula is C15H21NOS. The maximum absolute atomic E-state index is 12.1. The number of thiol groups is 1. The maximum Gasteiger partial charge on any atom is 0.251 e. The summed E-state index contributed by atoms with van der Waals surface area (Å²) in [6, 6.07) is 7.72. The predicted molar refractivity (Wildman–Crippen MR) is 77.1 cm³/mol. The second kappa shape index (κ2) is 5.79. The molecule has 1 amide bonds. The van der Waals surface area contributed by atoms with Gasteiger partial charge in [0.2, 0.25) is 0 Å². The van der Waals surface area contributed by atoms with E-state index in [0.717, 1.165) is 23.7 Å². The molecule has 1 aromatic carbocycles. The van der Waals surface area contributed by atoms with Gasteiger partial charge in [0.25, 0.3) is 5.91 Å². The summed E-state index contributed by atoms with van der Waals surface area (Å²) in [5.74, 6) is 1.50. The van der Waals surface area contributed by atoms with E-state index in [4.69, 9.17) is 0 Å². The number of hydrogen-bond donors (Lipinski definition) is 2. The van der Waals surface area contributed by atoms with Crippen molar-refractivity contribution < 1.29 is 4.79 Å². The molecule has 3 atom stereocenters. The summed E-state index contributed by atoms with van der Waals surface area (Å²) in [4.78, 5) is 12.9. The lowest BCUT2D eigenvalue weighted by Crippen LogP contribution is -2.39. The van der Waals surface area contributed by atoms with Crippen LogP contribution in [-0.2, 0) is 0 Å². The van der Waals surface area contributed by atoms with Gasteiger partial charge in [-0.05, 0) is 49.3 Å². The lowest BCUT2D eigenvalue weighted by Gasteiger charge is -2.32. The summed E-state index contributed by atoms with van der Waals surface area (Å²) in [5, 5.41) is 3.14. The van der Waals surface area contributed by atoms with Crippen LogP contribution in [0.2, 0.25) is 0 Å². The van der Waals surface area contributed by atoms with Crippen LogP contribution in [0.1, 0.15) is 43.5 Å². The zero-order chi connectivity index (χ0) is 13.1. The van der Waals surface area contributed by atoms with E-state index in [2.05, 4.69) is 31.8 Å². The van der Waals surface area contributed by atoms with Gasteiger partial charge in [0, 0.05) is 16.5 Å². The molecule has 0 aromatic heterocycles. The van der Waals surface area contributed by atoms with Crippen LogP contribution in [0.5, 0.6) is 0 Å². The molecule has 1 aliphatic rings. The molecule has 0 saturated heterocycles. The molecule has 1 saturated carbocycles. The van der Waals surface area contributed by atoms with Crippen molar-refractivity contribution in [2.24, 2.45) is 11.8 Å². The van der Waals surface area contributed by atoms with E-state index in [0.29, 0.717) is 17.5 Å². The third-order valence-electron chi connectivity index (χ3n) is 4.04. The number of amides is 1. The summed E-state index contributed by atoms with van der Waals surface area (Å²) in [6.45, 7) is 4.57. The van der Waals surface area contributed by atoms with Crippen molar-refractivity contribution in [2.75, 3.05) is 0 Å². The number of hydrogen-bond acceptors (Lipinski definition) is 2. The summed E-state index contributed by atoms with van der Waals surface area (Å²) >= 11 is 4.26. The SMILES string of the molecule is CC1CCC(NC(=O)c2cccc(S)c2)CC1C. The Labute approximate surface area is 115 Å². The number of nitrogens with one attached hydrogen (secondary N) is 1. The molecule has 0 spiro atoms. The van der Waals surface area contributed by atoms with Gasteiger partial charge in [-0.2, -0.15) is 0 Å². The normalized spacial score (nSPS) is 27.8. The van der Waals surface area contributed by atoms with Crippen LogP contribution < -0.4 is 5.32 Å². The van der Waals surface area contributed by atoms with Crippen LogP contribution in [0.15, 0.2) is 29.2 Å². The van der Waals surface area contributed by atoms with Crippen LogP contribution in [-0.4, -0.2) is 11.9 Å². The van der Waals surface area contributed by atoms with E-state index in [-0.39, 0.29) is 5.91 Å². The van der Waals surface area contributed by atoms with Crippen molar-refractivity contribution in [2.45, 2.75) is 44.0 Å². The average molecular weight is 263 g/mol. The van der Waals surface area contributed by atoms with Crippen LogP contribution >= 0.6 is 12.6 Å². The van der Waals surface area contributed by atoms with Crippen LogP contribution in [0, 0.1) is 11.8 Å². The molecule has 0 radical (unpaired) electrons. The Morgan fingerprint density at radius 2 is 2.06 bits per heavy atom. The Morgan fingerprint density at radius 1 is 1.28 bits per heavy atom. The molecule has 0 heterocycles. The molecule has 2 rings (SSSR count). The predicted octanol–water partition coefficient (Wildman–Crippen LogP) is 3.53. The van der Waals surface area contributed by atoms with Gasteiger partial charge >= 0.3 is 0 Å². The fraction of sp³-hybridized carbons (Fsp3) is 0.533. The van der Waals surface area contributed by atoms with Gasteiger partial charge in [-0.15, -0.1) is 12.6 Å². The highest BCUT2D eigenvalue weighted by molar-refractivity contribution is 7.80. The maximum atomic E-state index is 12.1. The van der Waals surface area contributed by atoms with E-state index in [9.17, 15) is 4.79 Å². The molecule has 3 heteroatoms. The third-order valence-corrected chi connectivity index (χ3v) is 4.32.